The minimum atomic E-state index is -0.432. The quantitative estimate of drug-likeness (QED) is 0.639. The Labute approximate surface area is 159 Å². The minimum absolute atomic E-state index is 0.0383. The van der Waals surface area contributed by atoms with Gasteiger partial charge >= 0.3 is 0 Å². The largest absolute Gasteiger partial charge is 0.494 e. The number of hydrogen-bond acceptors (Lipinski definition) is 2. The molecule has 3 rings (SSSR count). The van der Waals surface area contributed by atoms with E-state index in [9.17, 15) is 9.18 Å². The van der Waals surface area contributed by atoms with Crippen molar-refractivity contribution < 1.29 is 13.9 Å². The molecule has 3 nitrogen and oxygen atoms in total. The first kappa shape index (κ1) is 18.6. The molecule has 0 aliphatic carbocycles. The van der Waals surface area contributed by atoms with Gasteiger partial charge < -0.3 is 9.64 Å². The van der Waals surface area contributed by atoms with Gasteiger partial charge in [0.05, 0.1) is 13.0 Å². The van der Waals surface area contributed by atoms with Gasteiger partial charge in [-0.05, 0) is 28.8 Å². The number of halogens is 1. The first-order valence-electron chi connectivity index (χ1n) is 8.77. The molecule has 0 aromatic heterocycles. The van der Waals surface area contributed by atoms with Crippen molar-refractivity contribution in [3.8, 4) is 5.75 Å². The van der Waals surface area contributed by atoms with Crippen LogP contribution in [0, 0.1) is 5.82 Å². The molecular weight excluding hydrogens is 341 g/mol. The first-order chi connectivity index (χ1) is 13.1. The van der Waals surface area contributed by atoms with Crippen molar-refractivity contribution in [2.75, 3.05) is 14.2 Å². The Bertz CT molecular complexity index is 857. The lowest BCUT2D eigenvalue weighted by Gasteiger charge is -2.25. The Morgan fingerprint density at radius 1 is 0.963 bits per heavy atom. The Morgan fingerprint density at radius 3 is 2.00 bits per heavy atom. The smallest absolute Gasteiger partial charge is 0.234 e. The van der Waals surface area contributed by atoms with Crippen molar-refractivity contribution in [3.63, 3.8) is 0 Å². The Morgan fingerprint density at radius 2 is 1.52 bits per heavy atom. The van der Waals surface area contributed by atoms with Crippen molar-refractivity contribution >= 4 is 5.91 Å². The summed E-state index contributed by atoms with van der Waals surface area (Å²) >= 11 is 0. The van der Waals surface area contributed by atoms with Crippen LogP contribution in [0.25, 0.3) is 0 Å². The number of rotatable bonds is 6. The van der Waals surface area contributed by atoms with E-state index in [1.807, 2.05) is 60.7 Å². The number of benzene rings is 3. The summed E-state index contributed by atoms with van der Waals surface area (Å²) in [6, 6.07) is 24.1. The van der Waals surface area contributed by atoms with Crippen LogP contribution in [-0.2, 0) is 11.3 Å². The van der Waals surface area contributed by atoms with Gasteiger partial charge in [-0.2, -0.15) is 0 Å². The van der Waals surface area contributed by atoms with Gasteiger partial charge in [-0.1, -0.05) is 66.7 Å². The number of carbonyl (C=O) groups excluding carboxylic acids is 1. The second-order valence-electron chi connectivity index (χ2n) is 6.42. The number of hydrogen-bond donors (Lipinski definition) is 0. The standard InChI is InChI=1S/C23H22FNO2/c1-25(16-17-13-14-21(27-2)20(24)15-17)23(26)22(18-9-5-3-6-10-18)19-11-7-4-8-12-19/h3-15,22H,16H2,1-2H3. The maximum Gasteiger partial charge on any atom is 0.234 e. The second kappa shape index (κ2) is 8.49. The van der Waals surface area contributed by atoms with Crippen LogP contribution in [0.3, 0.4) is 0 Å². The fourth-order valence-electron chi connectivity index (χ4n) is 3.15. The molecule has 138 valence electrons. The van der Waals surface area contributed by atoms with Gasteiger partial charge in [0.2, 0.25) is 5.91 Å². The Balaban J connectivity index is 1.86. The molecule has 0 atom stereocenters. The SMILES string of the molecule is COc1ccc(CN(C)C(=O)C(c2ccccc2)c2ccccc2)cc1F. The van der Waals surface area contributed by atoms with Crippen LogP contribution in [0.15, 0.2) is 78.9 Å². The molecule has 0 N–H and O–H groups in total. The summed E-state index contributed by atoms with van der Waals surface area (Å²) in [5, 5.41) is 0. The average Bonchev–Trinajstić information content (AvgIpc) is 2.70. The van der Waals surface area contributed by atoms with E-state index in [0.29, 0.717) is 12.1 Å². The van der Waals surface area contributed by atoms with Gasteiger partial charge in [0.25, 0.3) is 0 Å². The van der Waals surface area contributed by atoms with Crippen LogP contribution >= 0.6 is 0 Å². The third-order valence-electron chi connectivity index (χ3n) is 4.52. The third kappa shape index (κ3) is 4.34. The van der Waals surface area contributed by atoms with Crippen LogP contribution in [0.2, 0.25) is 0 Å². The minimum Gasteiger partial charge on any atom is -0.494 e. The molecular formula is C23H22FNO2. The van der Waals surface area contributed by atoms with Crippen molar-refractivity contribution in [2.45, 2.75) is 12.5 Å². The molecule has 0 fully saturated rings. The number of likely N-dealkylation sites (N-methyl/N-ethyl adjacent to an activating group) is 1. The third-order valence-corrected chi connectivity index (χ3v) is 4.52. The first-order valence-corrected chi connectivity index (χ1v) is 8.77. The summed E-state index contributed by atoms with van der Waals surface area (Å²) < 4.78 is 18.9. The molecule has 0 saturated carbocycles. The highest BCUT2D eigenvalue weighted by Gasteiger charge is 2.25. The van der Waals surface area contributed by atoms with Crippen molar-refractivity contribution in [2.24, 2.45) is 0 Å². The zero-order valence-electron chi connectivity index (χ0n) is 15.4. The van der Waals surface area contributed by atoms with E-state index in [1.54, 1.807) is 24.1 Å². The van der Waals surface area contributed by atoms with Crippen LogP contribution in [0.1, 0.15) is 22.6 Å². The highest BCUT2D eigenvalue weighted by molar-refractivity contribution is 5.87. The van der Waals surface area contributed by atoms with Gasteiger partial charge in [-0.15, -0.1) is 0 Å². The second-order valence-corrected chi connectivity index (χ2v) is 6.42. The predicted molar refractivity (Wildman–Crippen MR) is 104 cm³/mol. The van der Waals surface area contributed by atoms with E-state index in [-0.39, 0.29) is 11.7 Å². The van der Waals surface area contributed by atoms with E-state index in [0.717, 1.165) is 11.1 Å². The number of nitrogens with zero attached hydrogens (tertiary/aromatic N) is 1. The molecule has 0 aliphatic rings. The lowest BCUT2D eigenvalue weighted by atomic mass is 9.90. The molecule has 0 unspecified atom stereocenters. The lowest BCUT2D eigenvalue weighted by Crippen LogP contribution is -2.32. The number of amides is 1. The van der Waals surface area contributed by atoms with E-state index >= 15 is 0 Å². The van der Waals surface area contributed by atoms with Crippen molar-refractivity contribution in [3.05, 3.63) is 101 Å². The van der Waals surface area contributed by atoms with Crippen LogP contribution < -0.4 is 4.74 Å². The van der Waals surface area contributed by atoms with E-state index in [4.69, 9.17) is 4.74 Å². The van der Waals surface area contributed by atoms with Crippen LogP contribution in [0.5, 0.6) is 5.75 Å². The monoisotopic (exact) mass is 363 g/mol. The Kier molecular flexibility index (Phi) is 5.87. The topological polar surface area (TPSA) is 29.5 Å². The molecule has 0 bridgehead atoms. The molecule has 0 radical (unpaired) electrons. The summed E-state index contributed by atoms with van der Waals surface area (Å²) in [6.45, 7) is 0.315. The average molecular weight is 363 g/mol. The normalized spacial score (nSPS) is 10.7. The van der Waals surface area contributed by atoms with Gasteiger partial charge in [-0.3, -0.25) is 4.79 Å². The van der Waals surface area contributed by atoms with E-state index < -0.39 is 11.7 Å². The number of methoxy groups -OCH3 is 1. The molecule has 0 spiro atoms. The van der Waals surface area contributed by atoms with Crippen LogP contribution in [0.4, 0.5) is 4.39 Å². The summed E-state index contributed by atoms with van der Waals surface area (Å²) in [7, 11) is 3.17. The van der Waals surface area contributed by atoms with Gasteiger partial charge in [0, 0.05) is 13.6 Å². The number of ether oxygens (including phenoxy) is 1. The summed E-state index contributed by atoms with van der Waals surface area (Å²) in [5.41, 5.74) is 2.58. The molecule has 3 aromatic rings. The number of carbonyl (C=O) groups is 1. The summed E-state index contributed by atoms with van der Waals surface area (Å²) in [4.78, 5) is 14.9. The van der Waals surface area contributed by atoms with E-state index in [2.05, 4.69) is 0 Å². The highest BCUT2D eigenvalue weighted by atomic mass is 19.1. The highest BCUT2D eigenvalue weighted by Crippen LogP contribution is 2.27. The van der Waals surface area contributed by atoms with Gasteiger partial charge in [-0.25, -0.2) is 4.39 Å². The molecule has 3 aromatic carbocycles. The molecule has 0 aliphatic heterocycles. The summed E-state index contributed by atoms with van der Waals surface area (Å²) in [6.07, 6.45) is 0. The van der Waals surface area contributed by atoms with Crippen LogP contribution in [-0.4, -0.2) is 25.0 Å². The molecule has 1 amide bonds. The van der Waals surface area contributed by atoms with Crippen molar-refractivity contribution in [1.29, 1.82) is 0 Å². The molecule has 4 heteroatoms. The maximum atomic E-state index is 14.0. The van der Waals surface area contributed by atoms with Crippen molar-refractivity contribution in [1.82, 2.24) is 4.90 Å². The summed E-state index contributed by atoms with van der Waals surface area (Å²) in [5.74, 6) is -0.679. The van der Waals surface area contributed by atoms with Gasteiger partial charge in [0.15, 0.2) is 11.6 Å². The Hall–Kier alpha value is -3.14. The van der Waals surface area contributed by atoms with E-state index in [1.165, 1.54) is 13.2 Å². The lowest BCUT2D eigenvalue weighted by molar-refractivity contribution is -0.131. The van der Waals surface area contributed by atoms with Gasteiger partial charge in [0.1, 0.15) is 0 Å². The fourth-order valence-corrected chi connectivity index (χ4v) is 3.15. The molecule has 0 heterocycles. The molecule has 27 heavy (non-hydrogen) atoms. The zero-order valence-corrected chi connectivity index (χ0v) is 15.4. The molecule has 0 saturated heterocycles. The maximum absolute atomic E-state index is 14.0. The zero-order chi connectivity index (χ0) is 19.2. The predicted octanol–water partition coefficient (Wildman–Crippen LogP) is 4.62. The fraction of sp³-hybridized carbons (Fsp3) is 0.174.